The van der Waals surface area contributed by atoms with Gasteiger partial charge in [0.1, 0.15) is 11.9 Å². The van der Waals surface area contributed by atoms with Crippen LogP contribution >= 0.6 is 22.9 Å². The van der Waals surface area contributed by atoms with E-state index in [9.17, 15) is 9.50 Å². The summed E-state index contributed by atoms with van der Waals surface area (Å²) in [6.07, 6.45) is -0.997. The van der Waals surface area contributed by atoms with E-state index >= 15 is 0 Å². The van der Waals surface area contributed by atoms with Crippen LogP contribution in [-0.4, -0.2) is 5.11 Å². The van der Waals surface area contributed by atoms with Crippen LogP contribution in [0.1, 0.15) is 27.7 Å². The minimum Gasteiger partial charge on any atom is -0.383 e. The van der Waals surface area contributed by atoms with Gasteiger partial charge in [0.2, 0.25) is 0 Å². The molecular weight excluding hydrogens is 259 g/mol. The van der Waals surface area contributed by atoms with E-state index in [1.165, 1.54) is 17.4 Å². The summed E-state index contributed by atoms with van der Waals surface area (Å²) >= 11 is 7.27. The van der Waals surface area contributed by atoms with Crippen molar-refractivity contribution >= 4 is 22.9 Å². The Morgan fingerprint density at radius 1 is 1.35 bits per heavy atom. The molecule has 1 aromatic carbocycles. The van der Waals surface area contributed by atoms with E-state index in [2.05, 4.69) is 0 Å². The SMILES string of the molecule is Cc1cc(C)c(C(O)c2sccc2Cl)c(F)c1. The quantitative estimate of drug-likeness (QED) is 0.865. The number of hydrogen-bond acceptors (Lipinski definition) is 2. The zero-order chi connectivity index (χ0) is 12.6. The second-order valence-corrected chi connectivity index (χ2v) is 5.37. The number of halogens is 2. The van der Waals surface area contributed by atoms with Crippen molar-refractivity contribution < 1.29 is 9.50 Å². The smallest absolute Gasteiger partial charge is 0.129 e. The Kier molecular flexibility index (Phi) is 3.52. The third-order valence-corrected chi connectivity index (χ3v) is 4.06. The molecule has 0 aliphatic heterocycles. The molecular formula is C13H12ClFOS. The van der Waals surface area contributed by atoms with E-state index < -0.39 is 6.10 Å². The lowest BCUT2D eigenvalue weighted by Gasteiger charge is -2.14. The third-order valence-electron chi connectivity index (χ3n) is 2.65. The van der Waals surface area contributed by atoms with Crippen LogP contribution in [-0.2, 0) is 0 Å². The Bertz CT molecular complexity index is 527. The first kappa shape index (κ1) is 12.6. The Labute approximate surface area is 108 Å². The Morgan fingerprint density at radius 2 is 2.06 bits per heavy atom. The van der Waals surface area contributed by atoms with Gasteiger partial charge >= 0.3 is 0 Å². The normalized spacial score (nSPS) is 12.8. The van der Waals surface area contributed by atoms with E-state index in [0.717, 1.165) is 11.1 Å². The zero-order valence-electron chi connectivity index (χ0n) is 9.50. The monoisotopic (exact) mass is 270 g/mol. The first-order chi connectivity index (χ1) is 8.00. The number of aliphatic hydroxyl groups excluding tert-OH is 1. The van der Waals surface area contributed by atoms with Crippen LogP contribution in [0.15, 0.2) is 23.6 Å². The molecule has 2 rings (SSSR count). The van der Waals surface area contributed by atoms with Crippen LogP contribution in [0.4, 0.5) is 4.39 Å². The van der Waals surface area contributed by atoms with Crippen LogP contribution in [0.25, 0.3) is 0 Å². The summed E-state index contributed by atoms with van der Waals surface area (Å²) in [5.41, 5.74) is 1.88. The molecule has 1 heterocycles. The Hall–Kier alpha value is -0.900. The molecule has 90 valence electrons. The summed E-state index contributed by atoms with van der Waals surface area (Å²) in [6.45, 7) is 3.61. The maximum atomic E-state index is 13.9. The largest absolute Gasteiger partial charge is 0.383 e. The zero-order valence-corrected chi connectivity index (χ0v) is 11.1. The minimum absolute atomic E-state index is 0.306. The van der Waals surface area contributed by atoms with Crippen molar-refractivity contribution in [2.24, 2.45) is 0 Å². The molecule has 0 radical (unpaired) electrons. The van der Waals surface area contributed by atoms with Gasteiger partial charge < -0.3 is 5.11 Å². The van der Waals surface area contributed by atoms with Crippen molar-refractivity contribution in [2.75, 3.05) is 0 Å². The maximum absolute atomic E-state index is 13.9. The van der Waals surface area contributed by atoms with Crippen molar-refractivity contribution in [3.05, 3.63) is 56.0 Å². The molecule has 1 atom stereocenters. The molecule has 0 spiro atoms. The first-order valence-corrected chi connectivity index (χ1v) is 6.44. The van der Waals surface area contributed by atoms with E-state index in [-0.39, 0.29) is 5.82 Å². The highest BCUT2D eigenvalue weighted by atomic mass is 35.5. The lowest BCUT2D eigenvalue weighted by atomic mass is 9.99. The summed E-state index contributed by atoms with van der Waals surface area (Å²) in [7, 11) is 0. The minimum atomic E-state index is -0.997. The van der Waals surface area contributed by atoms with Crippen molar-refractivity contribution in [1.82, 2.24) is 0 Å². The van der Waals surface area contributed by atoms with Gasteiger partial charge in [-0.05, 0) is 42.5 Å². The van der Waals surface area contributed by atoms with Gasteiger partial charge in [0.25, 0.3) is 0 Å². The standard InChI is InChI=1S/C13H12ClFOS/c1-7-5-8(2)11(10(15)6-7)12(16)13-9(14)3-4-17-13/h3-6,12,16H,1-2H3. The highest BCUT2D eigenvalue weighted by Gasteiger charge is 2.21. The van der Waals surface area contributed by atoms with Crippen molar-refractivity contribution in [1.29, 1.82) is 0 Å². The van der Waals surface area contributed by atoms with Gasteiger partial charge in [0.15, 0.2) is 0 Å². The molecule has 1 aromatic heterocycles. The number of benzene rings is 1. The molecule has 0 saturated heterocycles. The lowest BCUT2D eigenvalue weighted by Crippen LogP contribution is -2.04. The molecule has 0 aliphatic carbocycles. The highest BCUT2D eigenvalue weighted by molar-refractivity contribution is 7.10. The summed E-state index contributed by atoms with van der Waals surface area (Å²) in [5.74, 6) is -0.389. The van der Waals surface area contributed by atoms with Crippen LogP contribution in [0.2, 0.25) is 5.02 Å². The van der Waals surface area contributed by atoms with Gasteiger partial charge in [-0.25, -0.2) is 4.39 Å². The topological polar surface area (TPSA) is 20.2 Å². The fraction of sp³-hybridized carbons (Fsp3) is 0.231. The van der Waals surface area contributed by atoms with Gasteiger partial charge in [-0.2, -0.15) is 0 Å². The molecule has 0 aliphatic rings. The van der Waals surface area contributed by atoms with E-state index in [4.69, 9.17) is 11.6 Å². The summed E-state index contributed by atoms with van der Waals surface area (Å²) in [5, 5.41) is 12.5. The van der Waals surface area contributed by atoms with Crippen LogP contribution < -0.4 is 0 Å². The highest BCUT2D eigenvalue weighted by Crippen LogP contribution is 2.35. The molecule has 0 bridgehead atoms. The van der Waals surface area contributed by atoms with E-state index in [1.54, 1.807) is 18.4 Å². The number of aryl methyl sites for hydroxylation is 2. The van der Waals surface area contributed by atoms with Crippen LogP contribution in [0, 0.1) is 19.7 Å². The molecule has 2 aromatic rings. The van der Waals surface area contributed by atoms with E-state index in [1.807, 2.05) is 13.0 Å². The molecule has 4 heteroatoms. The Morgan fingerprint density at radius 3 is 2.59 bits per heavy atom. The Balaban J connectivity index is 2.51. The van der Waals surface area contributed by atoms with Gasteiger partial charge in [0, 0.05) is 5.56 Å². The molecule has 17 heavy (non-hydrogen) atoms. The van der Waals surface area contributed by atoms with Gasteiger partial charge in [-0.1, -0.05) is 17.7 Å². The van der Waals surface area contributed by atoms with Gasteiger partial charge in [0.05, 0.1) is 9.90 Å². The predicted octanol–water partition coefficient (Wildman–Crippen LogP) is 4.24. The molecule has 0 amide bonds. The molecule has 1 N–H and O–H groups in total. The number of thiophene rings is 1. The average molecular weight is 271 g/mol. The molecule has 0 saturated carbocycles. The lowest BCUT2D eigenvalue weighted by molar-refractivity contribution is 0.218. The summed E-state index contributed by atoms with van der Waals surface area (Å²) < 4.78 is 13.9. The van der Waals surface area contributed by atoms with E-state index in [0.29, 0.717) is 15.5 Å². The van der Waals surface area contributed by atoms with Crippen molar-refractivity contribution in [3.8, 4) is 0 Å². The number of rotatable bonds is 2. The predicted molar refractivity (Wildman–Crippen MR) is 69.3 cm³/mol. The fourth-order valence-electron chi connectivity index (χ4n) is 1.90. The number of hydrogen-bond donors (Lipinski definition) is 1. The second kappa shape index (κ2) is 4.77. The average Bonchev–Trinajstić information content (AvgIpc) is 2.62. The van der Waals surface area contributed by atoms with Crippen LogP contribution in [0.5, 0.6) is 0 Å². The van der Waals surface area contributed by atoms with Crippen LogP contribution in [0.3, 0.4) is 0 Å². The van der Waals surface area contributed by atoms with Crippen molar-refractivity contribution in [2.45, 2.75) is 20.0 Å². The summed E-state index contributed by atoms with van der Waals surface area (Å²) in [4.78, 5) is 0.581. The summed E-state index contributed by atoms with van der Waals surface area (Å²) in [6, 6.07) is 4.97. The fourth-order valence-corrected chi connectivity index (χ4v) is 3.06. The molecule has 1 nitrogen and oxygen atoms in total. The maximum Gasteiger partial charge on any atom is 0.129 e. The molecule has 1 unspecified atom stereocenters. The second-order valence-electron chi connectivity index (χ2n) is 4.01. The van der Waals surface area contributed by atoms with Gasteiger partial charge in [-0.15, -0.1) is 11.3 Å². The third kappa shape index (κ3) is 2.37. The van der Waals surface area contributed by atoms with Gasteiger partial charge in [-0.3, -0.25) is 0 Å². The molecule has 0 fully saturated rings. The first-order valence-electron chi connectivity index (χ1n) is 5.18. The van der Waals surface area contributed by atoms with Crippen molar-refractivity contribution in [3.63, 3.8) is 0 Å². The number of aliphatic hydroxyl groups is 1.